The second-order valence-electron chi connectivity index (χ2n) is 9.37. The number of hydrogen-bond acceptors (Lipinski definition) is 6. The van der Waals surface area contributed by atoms with Gasteiger partial charge in [-0.25, -0.2) is 8.42 Å². The highest BCUT2D eigenvalue weighted by molar-refractivity contribution is 7.89. The molecule has 13 heteroatoms. The van der Waals surface area contributed by atoms with Crippen molar-refractivity contribution in [2.75, 3.05) is 32.7 Å². The highest BCUT2D eigenvalue weighted by Crippen LogP contribution is 2.33. The van der Waals surface area contributed by atoms with Crippen LogP contribution in [-0.4, -0.2) is 66.6 Å². The molecule has 2 aromatic carbocycles. The van der Waals surface area contributed by atoms with Gasteiger partial charge in [0.2, 0.25) is 10.0 Å². The quantitative estimate of drug-likeness (QED) is 0.413. The summed E-state index contributed by atoms with van der Waals surface area (Å²) >= 11 is 0. The highest BCUT2D eigenvalue weighted by Gasteiger charge is 2.34. The molecular formula is C27H26F3N5O4S. The number of benzene rings is 2. The Balaban J connectivity index is 1.51. The van der Waals surface area contributed by atoms with Crippen LogP contribution in [0.3, 0.4) is 0 Å². The summed E-state index contributed by atoms with van der Waals surface area (Å²) in [6, 6.07) is 13.8. The molecule has 0 bridgehead atoms. The molecule has 1 fully saturated rings. The molecule has 4 rings (SSSR count). The maximum absolute atomic E-state index is 13.6. The first-order valence-electron chi connectivity index (χ1n) is 12.2. The molecule has 2 N–H and O–H groups in total. The lowest BCUT2D eigenvalue weighted by atomic mass is 10.1. The molecule has 0 unspecified atom stereocenters. The molecule has 0 atom stereocenters. The van der Waals surface area contributed by atoms with Gasteiger partial charge in [0, 0.05) is 38.4 Å². The summed E-state index contributed by atoms with van der Waals surface area (Å²) in [5.41, 5.74) is 5.22. The molecule has 0 saturated carbocycles. The number of carbonyl (C=O) groups excluding carboxylic acids is 2. The molecular weight excluding hydrogens is 547 g/mol. The topological polar surface area (TPSA) is 130 Å². The molecule has 2 heterocycles. The molecule has 210 valence electrons. The van der Waals surface area contributed by atoms with E-state index in [2.05, 4.69) is 0 Å². The van der Waals surface area contributed by atoms with E-state index in [9.17, 15) is 31.2 Å². The molecule has 0 aliphatic carbocycles. The van der Waals surface area contributed by atoms with Crippen LogP contribution in [-0.2, 0) is 22.7 Å². The SMILES string of the molecule is Cc1c(C(N)=O)cc(C(=O)CN2CCN(S(=O)(=O)c3ccc(C#N)cc3)CC2)n1Cc1ccccc1C(F)(F)F. The molecule has 3 aromatic rings. The van der Waals surface area contributed by atoms with Crippen LogP contribution < -0.4 is 5.73 Å². The number of alkyl halides is 3. The Bertz CT molecular complexity index is 1580. The van der Waals surface area contributed by atoms with E-state index in [-0.39, 0.29) is 66.7 Å². The van der Waals surface area contributed by atoms with E-state index in [0.29, 0.717) is 5.56 Å². The third-order valence-corrected chi connectivity index (χ3v) is 8.80. The summed E-state index contributed by atoms with van der Waals surface area (Å²) in [6.07, 6.45) is -4.61. The number of sulfonamides is 1. The average molecular weight is 574 g/mol. The normalized spacial score (nSPS) is 15.1. The van der Waals surface area contributed by atoms with Crippen molar-refractivity contribution in [2.45, 2.75) is 24.5 Å². The van der Waals surface area contributed by atoms with Crippen LogP contribution in [0.25, 0.3) is 0 Å². The molecule has 0 spiro atoms. The van der Waals surface area contributed by atoms with Crippen LogP contribution in [0, 0.1) is 18.3 Å². The van der Waals surface area contributed by atoms with E-state index in [1.807, 2.05) is 6.07 Å². The van der Waals surface area contributed by atoms with Gasteiger partial charge < -0.3 is 10.3 Å². The summed E-state index contributed by atoms with van der Waals surface area (Å²) in [6.45, 7) is 1.78. The fourth-order valence-electron chi connectivity index (χ4n) is 4.70. The first-order valence-corrected chi connectivity index (χ1v) is 13.7. The van der Waals surface area contributed by atoms with Crippen LogP contribution in [0.4, 0.5) is 13.2 Å². The minimum Gasteiger partial charge on any atom is -0.366 e. The smallest absolute Gasteiger partial charge is 0.366 e. The van der Waals surface area contributed by atoms with Gasteiger partial charge in [0.15, 0.2) is 5.78 Å². The Morgan fingerprint density at radius 3 is 2.23 bits per heavy atom. The molecule has 1 saturated heterocycles. The number of amides is 1. The predicted molar refractivity (Wildman–Crippen MR) is 139 cm³/mol. The van der Waals surface area contributed by atoms with Gasteiger partial charge in [0.05, 0.1) is 39.9 Å². The number of aromatic nitrogens is 1. The van der Waals surface area contributed by atoms with Crippen LogP contribution in [0.2, 0.25) is 0 Å². The van der Waals surface area contributed by atoms with Gasteiger partial charge in [-0.3, -0.25) is 14.5 Å². The van der Waals surface area contributed by atoms with Gasteiger partial charge in [-0.15, -0.1) is 0 Å². The number of piperazine rings is 1. The van der Waals surface area contributed by atoms with E-state index in [0.717, 1.165) is 6.07 Å². The Hall–Kier alpha value is -3.99. The maximum atomic E-state index is 13.6. The molecule has 1 aliphatic heterocycles. The largest absolute Gasteiger partial charge is 0.416 e. The van der Waals surface area contributed by atoms with Crippen molar-refractivity contribution >= 4 is 21.7 Å². The average Bonchev–Trinajstić information content (AvgIpc) is 3.25. The lowest BCUT2D eigenvalue weighted by molar-refractivity contribution is -0.138. The Morgan fingerprint density at radius 1 is 1.02 bits per heavy atom. The summed E-state index contributed by atoms with van der Waals surface area (Å²) in [5.74, 6) is -1.25. The van der Waals surface area contributed by atoms with Crippen molar-refractivity contribution in [3.63, 3.8) is 0 Å². The lowest BCUT2D eigenvalue weighted by Gasteiger charge is -2.33. The Kier molecular flexibility index (Phi) is 8.15. The fraction of sp³-hybridized carbons (Fsp3) is 0.296. The van der Waals surface area contributed by atoms with Crippen molar-refractivity contribution in [1.82, 2.24) is 13.8 Å². The number of nitrogens with two attached hydrogens (primary N) is 1. The zero-order chi connectivity index (χ0) is 29.2. The first-order chi connectivity index (χ1) is 18.8. The monoisotopic (exact) mass is 573 g/mol. The van der Waals surface area contributed by atoms with Crippen molar-refractivity contribution in [3.05, 3.63) is 88.2 Å². The molecule has 1 amide bonds. The predicted octanol–water partition coefficient (Wildman–Crippen LogP) is 3.02. The number of hydrogen-bond donors (Lipinski definition) is 1. The fourth-order valence-corrected chi connectivity index (χ4v) is 6.12. The standard InChI is InChI=1S/C27H26F3N5O4S/c1-18-22(26(32)37)14-24(35(18)16-20-4-2-3-5-23(20)27(28,29)30)25(36)17-33-10-12-34(13-11-33)40(38,39)21-8-6-19(15-31)7-9-21/h2-9,14H,10-13,16-17H2,1H3,(H2,32,37). The number of carbonyl (C=O) groups is 2. The van der Waals surface area contributed by atoms with Crippen LogP contribution in [0.5, 0.6) is 0 Å². The number of ketones is 1. The van der Waals surface area contributed by atoms with E-state index in [1.54, 1.807) is 4.90 Å². The second kappa shape index (κ2) is 11.2. The summed E-state index contributed by atoms with van der Waals surface area (Å²) < 4.78 is 69.4. The summed E-state index contributed by atoms with van der Waals surface area (Å²) in [4.78, 5) is 27.2. The Labute approximate surface area is 229 Å². The van der Waals surface area contributed by atoms with E-state index < -0.39 is 33.5 Å². The van der Waals surface area contributed by atoms with Gasteiger partial charge in [-0.2, -0.15) is 22.7 Å². The zero-order valence-electron chi connectivity index (χ0n) is 21.5. The zero-order valence-corrected chi connectivity index (χ0v) is 22.3. The van der Waals surface area contributed by atoms with E-state index in [1.165, 1.54) is 64.3 Å². The highest BCUT2D eigenvalue weighted by atomic mass is 32.2. The number of primary amides is 1. The number of Topliss-reactive ketones (excluding diaryl/α,β-unsaturated/α-hetero) is 1. The van der Waals surface area contributed by atoms with Gasteiger partial charge >= 0.3 is 6.18 Å². The van der Waals surface area contributed by atoms with Gasteiger partial charge in [-0.1, -0.05) is 18.2 Å². The summed E-state index contributed by atoms with van der Waals surface area (Å²) in [5, 5.41) is 8.93. The third-order valence-electron chi connectivity index (χ3n) is 6.89. The first kappa shape index (κ1) is 29.0. The molecule has 1 aromatic heterocycles. The van der Waals surface area contributed by atoms with Crippen LogP contribution in [0.1, 0.15) is 43.2 Å². The number of rotatable bonds is 8. The van der Waals surface area contributed by atoms with Crippen molar-refractivity contribution in [2.24, 2.45) is 5.73 Å². The van der Waals surface area contributed by atoms with E-state index in [4.69, 9.17) is 11.0 Å². The molecule has 1 aliphatic rings. The summed E-state index contributed by atoms with van der Waals surface area (Å²) in [7, 11) is -3.80. The van der Waals surface area contributed by atoms with Crippen LogP contribution in [0.15, 0.2) is 59.5 Å². The van der Waals surface area contributed by atoms with Gasteiger partial charge in [0.1, 0.15) is 0 Å². The number of nitrogens with zero attached hydrogens (tertiary/aromatic N) is 4. The number of nitriles is 1. The van der Waals surface area contributed by atoms with Gasteiger partial charge in [-0.05, 0) is 48.9 Å². The lowest BCUT2D eigenvalue weighted by Crippen LogP contribution is -2.49. The second-order valence-corrected chi connectivity index (χ2v) is 11.3. The minimum atomic E-state index is -4.61. The van der Waals surface area contributed by atoms with Crippen molar-refractivity contribution in [1.29, 1.82) is 5.26 Å². The molecule has 0 radical (unpaired) electrons. The van der Waals surface area contributed by atoms with Crippen molar-refractivity contribution in [3.8, 4) is 6.07 Å². The van der Waals surface area contributed by atoms with Gasteiger partial charge in [0.25, 0.3) is 5.91 Å². The number of halogens is 3. The van der Waals surface area contributed by atoms with Crippen LogP contribution >= 0.6 is 0 Å². The minimum absolute atomic E-state index is 0.0335. The van der Waals surface area contributed by atoms with E-state index >= 15 is 0 Å². The molecule has 9 nitrogen and oxygen atoms in total. The Morgan fingerprint density at radius 2 is 1.65 bits per heavy atom. The van der Waals surface area contributed by atoms with Crippen molar-refractivity contribution < 1.29 is 31.2 Å². The third kappa shape index (κ3) is 5.94. The molecule has 40 heavy (non-hydrogen) atoms. The maximum Gasteiger partial charge on any atom is 0.416 e.